The predicted molar refractivity (Wildman–Crippen MR) is 57.1 cm³/mol. The molecule has 2 N–H and O–H groups in total. The number of benzene rings is 1. The Balaban J connectivity index is 2.81. The largest absolute Gasteiger partial charge is 0.497 e. The summed E-state index contributed by atoms with van der Waals surface area (Å²) in [6.07, 6.45) is 0. The zero-order chi connectivity index (χ0) is 10.1. The van der Waals surface area contributed by atoms with Gasteiger partial charge in [0.1, 0.15) is 5.75 Å². The molecule has 74 valence electrons. The highest BCUT2D eigenvalue weighted by atomic mass is 32.1. The quantitative estimate of drug-likeness (QED) is 0.563. The number of nitrogens with zero attached hydrogens (tertiary/aromatic N) is 2. The van der Waals surface area contributed by atoms with Gasteiger partial charge in [0.25, 0.3) is 0 Å². The van der Waals surface area contributed by atoms with Gasteiger partial charge in [0.15, 0.2) is 0 Å². The van der Waals surface area contributed by atoms with Crippen molar-refractivity contribution in [1.29, 1.82) is 0 Å². The van der Waals surface area contributed by atoms with Crippen molar-refractivity contribution in [1.82, 2.24) is 4.57 Å². The second-order valence-corrected chi connectivity index (χ2v) is 3.92. The lowest BCUT2D eigenvalue weighted by molar-refractivity contribution is 0.415. The summed E-state index contributed by atoms with van der Waals surface area (Å²) in [6, 6.07) is 5.91. The van der Waals surface area contributed by atoms with E-state index in [1.54, 1.807) is 18.4 Å². The minimum atomic E-state index is 0.799. The first-order chi connectivity index (χ1) is 6.76. The van der Waals surface area contributed by atoms with E-state index in [0.29, 0.717) is 0 Å². The Bertz CT molecular complexity index is 526. The Morgan fingerprint density at radius 2 is 2.29 bits per heavy atom. The molecule has 0 atom stereocenters. The molecule has 0 amide bonds. The van der Waals surface area contributed by atoms with Crippen molar-refractivity contribution in [3.05, 3.63) is 23.0 Å². The molecule has 0 unspecified atom stereocenters. The molecule has 0 fully saturated rings. The van der Waals surface area contributed by atoms with Crippen LogP contribution in [0.15, 0.2) is 23.3 Å². The minimum absolute atomic E-state index is 0.799. The van der Waals surface area contributed by atoms with Crippen LogP contribution < -0.4 is 15.4 Å². The summed E-state index contributed by atoms with van der Waals surface area (Å²) >= 11 is 1.56. The smallest absolute Gasteiger partial charge is 0.208 e. The molecule has 0 aliphatic rings. The first-order valence-electron chi connectivity index (χ1n) is 4.13. The fourth-order valence-corrected chi connectivity index (χ4v) is 2.28. The predicted octanol–water partition coefficient (Wildman–Crippen LogP) is 1.02. The summed E-state index contributed by atoms with van der Waals surface area (Å²) in [5, 5.41) is 3.70. The molecule has 0 bridgehead atoms. The van der Waals surface area contributed by atoms with Gasteiger partial charge in [-0.1, -0.05) is 11.3 Å². The van der Waals surface area contributed by atoms with Crippen LogP contribution in [0.1, 0.15) is 0 Å². The van der Waals surface area contributed by atoms with Crippen molar-refractivity contribution in [2.24, 2.45) is 18.0 Å². The van der Waals surface area contributed by atoms with Crippen LogP contribution in [0.25, 0.3) is 10.2 Å². The van der Waals surface area contributed by atoms with Crippen molar-refractivity contribution in [2.45, 2.75) is 0 Å². The summed E-state index contributed by atoms with van der Waals surface area (Å²) in [4.78, 5) is 0.799. The molecule has 4 nitrogen and oxygen atoms in total. The molecule has 0 radical (unpaired) electrons. The monoisotopic (exact) mass is 209 g/mol. The maximum Gasteiger partial charge on any atom is 0.208 e. The number of thiazole rings is 1. The molecule has 2 aromatic rings. The van der Waals surface area contributed by atoms with E-state index in [2.05, 4.69) is 5.10 Å². The zero-order valence-electron chi connectivity index (χ0n) is 8.02. The lowest BCUT2D eigenvalue weighted by Gasteiger charge is -1.99. The van der Waals surface area contributed by atoms with Crippen LogP contribution in [0.2, 0.25) is 0 Å². The molecule has 0 aliphatic heterocycles. The van der Waals surface area contributed by atoms with Crippen molar-refractivity contribution in [3.63, 3.8) is 0 Å². The number of methoxy groups -OCH3 is 1. The summed E-state index contributed by atoms with van der Waals surface area (Å²) in [6.45, 7) is 0. The van der Waals surface area contributed by atoms with Crippen LogP contribution >= 0.6 is 11.3 Å². The maximum absolute atomic E-state index is 5.27. The highest BCUT2D eigenvalue weighted by molar-refractivity contribution is 7.16. The van der Waals surface area contributed by atoms with Crippen LogP contribution in [0.4, 0.5) is 0 Å². The molecule has 0 saturated carbocycles. The Kier molecular flexibility index (Phi) is 2.17. The molecule has 1 aromatic carbocycles. The molecule has 1 heterocycles. The average molecular weight is 209 g/mol. The minimum Gasteiger partial charge on any atom is -0.497 e. The van der Waals surface area contributed by atoms with Crippen LogP contribution in [0.5, 0.6) is 5.75 Å². The Hall–Kier alpha value is -1.49. The Morgan fingerprint density at radius 1 is 1.50 bits per heavy atom. The Morgan fingerprint density at radius 3 is 2.93 bits per heavy atom. The molecule has 1 aromatic heterocycles. The highest BCUT2D eigenvalue weighted by Crippen LogP contribution is 2.21. The summed E-state index contributed by atoms with van der Waals surface area (Å²) < 4.78 is 8.25. The standard InChI is InChI=1S/C9H11N3OS/c1-12-7-5-6(13-2)3-4-8(7)14-9(12)11-10/h3-5H,10H2,1-2H3. The van der Waals surface area contributed by atoms with Gasteiger partial charge in [0.2, 0.25) is 4.80 Å². The zero-order valence-corrected chi connectivity index (χ0v) is 8.84. The number of aromatic nitrogens is 1. The van der Waals surface area contributed by atoms with E-state index in [1.165, 1.54) is 0 Å². The van der Waals surface area contributed by atoms with Gasteiger partial charge < -0.3 is 15.1 Å². The maximum atomic E-state index is 5.27. The lowest BCUT2D eigenvalue weighted by atomic mass is 10.3. The third kappa shape index (κ3) is 1.26. The molecule has 2 rings (SSSR count). The number of aryl methyl sites for hydroxylation is 1. The number of rotatable bonds is 1. The number of hydrogen-bond acceptors (Lipinski definition) is 4. The van der Waals surface area contributed by atoms with E-state index in [4.69, 9.17) is 10.6 Å². The summed E-state index contributed by atoms with van der Waals surface area (Å²) in [7, 11) is 3.59. The highest BCUT2D eigenvalue weighted by Gasteiger charge is 2.03. The fraction of sp³-hybridized carbons (Fsp3) is 0.222. The van der Waals surface area contributed by atoms with Crippen LogP contribution in [-0.2, 0) is 7.05 Å². The van der Waals surface area contributed by atoms with Gasteiger partial charge in [-0.05, 0) is 12.1 Å². The Labute approximate surface area is 85.2 Å². The van der Waals surface area contributed by atoms with E-state index in [1.807, 2.05) is 29.8 Å². The average Bonchev–Trinajstić information content (AvgIpc) is 2.55. The molecular formula is C9H11N3OS. The lowest BCUT2D eigenvalue weighted by Crippen LogP contribution is -2.12. The first kappa shape index (κ1) is 9.08. The van der Waals surface area contributed by atoms with Gasteiger partial charge in [0, 0.05) is 13.1 Å². The number of nitrogens with two attached hydrogens (primary N) is 1. The molecule has 0 spiro atoms. The van der Waals surface area contributed by atoms with E-state index in [9.17, 15) is 0 Å². The molecule has 14 heavy (non-hydrogen) atoms. The molecular weight excluding hydrogens is 198 g/mol. The molecule has 0 aliphatic carbocycles. The van der Waals surface area contributed by atoms with E-state index >= 15 is 0 Å². The van der Waals surface area contributed by atoms with Crippen molar-refractivity contribution < 1.29 is 4.74 Å². The summed E-state index contributed by atoms with van der Waals surface area (Å²) in [5.74, 6) is 6.11. The van der Waals surface area contributed by atoms with Crippen molar-refractivity contribution in [2.75, 3.05) is 7.11 Å². The number of hydrogen-bond donors (Lipinski definition) is 1. The van der Waals surface area contributed by atoms with Gasteiger partial charge in [0.05, 0.1) is 17.3 Å². The van der Waals surface area contributed by atoms with E-state index < -0.39 is 0 Å². The van der Waals surface area contributed by atoms with Gasteiger partial charge in [-0.15, -0.1) is 0 Å². The first-order valence-corrected chi connectivity index (χ1v) is 4.95. The van der Waals surface area contributed by atoms with Crippen LogP contribution in [-0.4, -0.2) is 11.7 Å². The normalized spacial score (nSPS) is 12.3. The van der Waals surface area contributed by atoms with Gasteiger partial charge >= 0.3 is 0 Å². The van der Waals surface area contributed by atoms with Gasteiger partial charge in [-0.25, -0.2) is 0 Å². The second-order valence-electron chi connectivity index (χ2n) is 2.91. The third-order valence-electron chi connectivity index (χ3n) is 2.13. The number of ether oxygens (including phenoxy) is 1. The molecule has 0 saturated heterocycles. The van der Waals surface area contributed by atoms with Gasteiger partial charge in [-0.3, -0.25) is 0 Å². The SMILES string of the molecule is COc1ccc2sc(=NN)n(C)c2c1. The third-order valence-corrected chi connectivity index (χ3v) is 3.25. The van der Waals surface area contributed by atoms with Gasteiger partial charge in [-0.2, -0.15) is 5.10 Å². The van der Waals surface area contributed by atoms with Crippen molar-refractivity contribution >= 4 is 21.6 Å². The van der Waals surface area contributed by atoms with Crippen molar-refractivity contribution in [3.8, 4) is 5.75 Å². The molecule has 5 heteroatoms. The summed E-state index contributed by atoms with van der Waals surface area (Å²) in [5.41, 5.74) is 1.08. The number of fused-ring (bicyclic) bond motifs is 1. The van der Waals surface area contributed by atoms with Crippen LogP contribution in [0, 0.1) is 0 Å². The van der Waals surface area contributed by atoms with E-state index in [-0.39, 0.29) is 0 Å². The van der Waals surface area contributed by atoms with E-state index in [0.717, 1.165) is 20.8 Å². The van der Waals surface area contributed by atoms with Crippen LogP contribution in [0.3, 0.4) is 0 Å². The fourth-order valence-electron chi connectivity index (χ4n) is 1.36. The second kappa shape index (κ2) is 3.34. The topological polar surface area (TPSA) is 52.5 Å².